The molecular formula is C46H76N2Ni. The summed E-state index contributed by atoms with van der Waals surface area (Å²) in [7, 11) is 0. The number of hydrogen-bond donors (Lipinski definition) is 0. The summed E-state index contributed by atoms with van der Waals surface area (Å²) in [6, 6.07) is 15.9. The standard InChI is InChI=1S/C46H76N2.Ni/c1-5-9-13-15-16-17-18-19-20-21-22-23-24-27-30-41-31-29-35-45(38-41)48-46(34-28-14-10-6-2)40-47-44-37-36-42(32-25-11-7-3)43(39-44)33-26-12-8-4;/h29,31,35-40H,5-28,30,32-34H2,1-4H3;. The van der Waals surface area contributed by atoms with Gasteiger partial charge < -0.3 is 0 Å². The monoisotopic (exact) mass is 715 g/mol. The first kappa shape index (κ1) is 45.3. The van der Waals surface area contributed by atoms with E-state index in [1.165, 1.54) is 184 Å². The number of rotatable bonds is 31. The maximum absolute atomic E-state index is 5.17. The van der Waals surface area contributed by atoms with Gasteiger partial charge in [0.25, 0.3) is 0 Å². The fourth-order valence-corrected chi connectivity index (χ4v) is 6.80. The minimum absolute atomic E-state index is 0. The van der Waals surface area contributed by atoms with Crippen LogP contribution in [0.3, 0.4) is 0 Å². The van der Waals surface area contributed by atoms with E-state index in [1.807, 2.05) is 0 Å². The van der Waals surface area contributed by atoms with E-state index < -0.39 is 0 Å². The van der Waals surface area contributed by atoms with E-state index in [0.717, 1.165) is 29.9 Å². The predicted octanol–water partition coefficient (Wildman–Crippen LogP) is 15.6. The molecule has 3 heteroatoms. The number of hydrogen-bond acceptors (Lipinski definition) is 2. The van der Waals surface area contributed by atoms with Crippen molar-refractivity contribution in [1.82, 2.24) is 0 Å². The molecule has 0 radical (unpaired) electrons. The van der Waals surface area contributed by atoms with Crippen molar-refractivity contribution in [3.63, 3.8) is 0 Å². The van der Waals surface area contributed by atoms with Gasteiger partial charge in [-0.2, -0.15) is 0 Å². The predicted molar refractivity (Wildman–Crippen MR) is 217 cm³/mol. The Kier molecular flexibility index (Phi) is 29.8. The molecule has 49 heavy (non-hydrogen) atoms. The third-order valence-corrected chi connectivity index (χ3v) is 9.94. The van der Waals surface area contributed by atoms with Gasteiger partial charge in [0, 0.05) is 22.7 Å². The second-order valence-electron chi connectivity index (χ2n) is 14.6. The van der Waals surface area contributed by atoms with Crippen LogP contribution in [0.15, 0.2) is 52.4 Å². The smallest absolute Gasteiger partial charge is 0.0636 e. The zero-order valence-electron chi connectivity index (χ0n) is 32.6. The van der Waals surface area contributed by atoms with Crippen LogP contribution in [0.5, 0.6) is 0 Å². The normalized spacial score (nSPS) is 11.8. The molecule has 2 aromatic carbocycles. The minimum atomic E-state index is 0. The molecule has 0 amide bonds. The Morgan fingerprint density at radius 2 is 0.959 bits per heavy atom. The van der Waals surface area contributed by atoms with Crippen molar-refractivity contribution in [2.75, 3.05) is 0 Å². The molecule has 0 aliphatic carbocycles. The molecule has 0 saturated heterocycles. The van der Waals surface area contributed by atoms with Gasteiger partial charge in [-0.15, -0.1) is 0 Å². The Bertz CT molecular complexity index is 1100. The average Bonchev–Trinajstić information content (AvgIpc) is 3.10. The molecule has 2 rings (SSSR count). The van der Waals surface area contributed by atoms with E-state index in [1.54, 1.807) is 0 Å². The number of aryl methyl sites for hydroxylation is 3. The van der Waals surface area contributed by atoms with Crippen LogP contribution in [0.4, 0.5) is 11.4 Å². The van der Waals surface area contributed by atoms with E-state index in [2.05, 4.69) is 76.4 Å². The van der Waals surface area contributed by atoms with Gasteiger partial charge in [0.1, 0.15) is 0 Å². The van der Waals surface area contributed by atoms with Gasteiger partial charge in [0.15, 0.2) is 0 Å². The molecular weight excluding hydrogens is 639 g/mol. The molecule has 0 saturated carbocycles. The number of aliphatic imine (C=N–C) groups is 2. The van der Waals surface area contributed by atoms with Crippen LogP contribution in [0.25, 0.3) is 0 Å². The first-order valence-corrected chi connectivity index (χ1v) is 21.0. The summed E-state index contributed by atoms with van der Waals surface area (Å²) in [6.45, 7) is 9.17. The largest absolute Gasteiger partial charge is 0.255 e. The third kappa shape index (κ3) is 23.4. The van der Waals surface area contributed by atoms with Crippen molar-refractivity contribution >= 4 is 23.3 Å². The second kappa shape index (κ2) is 32.2. The van der Waals surface area contributed by atoms with Crippen LogP contribution in [0.2, 0.25) is 0 Å². The number of unbranched alkanes of at least 4 members (excludes halogenated alkanes) is 20. The van der Waals surface area contributed by atoms with Gasteiger partial charge in [-0.05, 0) is 92.3 Å². The molecule has 0 heterocycles. The van der Waals surface area contributed by atoms with Crippen LogP contribution in [0.1, 0.15) is 205 Å². The summed E-state index contributed by atoms with van der Waals surface area (Å²) in [6.07, 6.45) is 39.0. The van der Waals surface area contributed by atoms with E-state index in [9.17, 15) is 0 Å². The maximum Gasteiger partial charge on any atom is 0.0636 e. The van der Waals surface area contributed by atoms with E-state index in [0.29, 0.717) is 0 Å². The first-order chi connectivity index (χ1) is 23.7. The molecule has 0 unspecified atom stereocenters. The Labute approximate surface area is 315 Å². The Hall–Kier alpha value is -1.73. The fraction of sp³-hybridized carbons (Fsp3) is 0.696. The Morgan fingerprint density at radius 1 is 0.469 bits per heavy atom. The summed E-state index contributed by atoms with van der Waals surface area (Å²) in [4.78, 5) is 10.2. The topological polar surface area (TPSA) is 24.7 Å². The van der Waals surface area contributed by atoms with Crippen LogP contribution >= 0.6 is 0 Å². The van der Waals surface area contributed by atoms with Crippen molar-refractivity contribution < 1.29 is 16.5 Å². The summed E-state index contributed by atoms with van der Waals surface area (Å²) in [5.74, 6) is 0. The zero-order chi connectivity index (χ0) is 34.3. The van der Waals surface area contributed by atoms with Crippen molar-refractivity contribution in [3.8, 4) is 0 Å². The average molecular weight is 716 g/mol. The molecule has 0 aliphatic heterocycles. The van der Waals surface area contributed by atoms with E-state index in [-0.39, 0.29) is 16.5 Å². The van der Waals surface area contributed by atoms with Crippen LogP contribution in [0, 0.1) is 0 Å². The molecule has 0 bridgehead atoms. The molecule has 0 atom stereocenters. The summed E-state index contributed by atoms with van der Waals surface area (Å²) >= 11 is 0. The Morgan fingerprint density at radius 3 is 1.55 bits per heavy atom. The second-order valence-corrected chi connectivity index (χ2v) is 14.6. The Balaban J connectivity index is 0.0000120. The molecule has 0 fully saturated rings. The van der Waals surface area contributed by atoms with Crippen LogP contribution in [-0.2, 0) is 35.8 Å². The molecule has 0 aromatic heterocycles. The van der Waals surface area contributed by atoms with Gasteiger partial charge in [0.05, 0.1) is 17.1 Å². The van der Waals surface area contributed by atoms with Crippen molar-refractivity contribution in [3.05, 3.63) is 59.2 Å². The summed E-state index contributed by atoms with van der Waals surface area (Å²) in [5.41, 5.74) is 7.73. The van der Waals surface area contributed by atoms with Gasteiger partial charge in [-0.1, -0.05) is 174 Å². The van der Waals surface area contributed by atoms with Gasteiger partial charge in [-0.3, -0.25) is 9.98 Å². The van der Waals surface area contributed by atoms with E-state index in [4.69, 9.17) is 9.98 Å². The summed E-state index contributed by atoms with van der Waals surface area (Å²) in [5, 5.41) is 0. The van der Waals surface area contributed by atoms with Gasteiger partial charge in [-0.25, -0.2) is 0 Å². The molecule has 0 N–H and O–H groups in total. The summed E-state index contributed by atoms with van der Waals surface area (Å²) < 4.78 is 0. The number of benzene rings is 2. The molecule has 0 spiro atoms. The minimum Gasteiger partial charge on any atom is -0.255 e. The molecule has 0 aliphatic rings. The maximum atomic E-state index is 5.17. The third-order valence-electron chi connectivity index (χ3n) is 9.94. The van der Waals surface area contributed by atoms with Crippen LogP contribution < -0.4 is 0 Å². The van der Waals surface area contributed by atoms with Crippen molar-refractivity contribution in [2.24, 2.45) is 9.98 Å². The SMILES string of the molecule is CCCCCCCCCCCCCCCCc1cccc(N=C(C=Nc2ccc(CCCCC)c(CCCCC)c2)CCCCCC)c1.[Ni]. The molecule has 280 valence electrons. The first-order valence-electron chi connectivity index (χ1n) is 21.0. The van der Waals surface area contributed by atoms with Crippen molar-refractivity contribution in [2.45, 2.75) is 207 Å². The zero-order valence-corrected chi connectivity index (χ0v) is 33.6. The number of nitrogens with zero attached hydrogens (tertiary/aromatic N) is 2. The van der Waals surface area contributed by atoms with Crippen LogP contribution in [-0.4, -0.2) is 11.9 Å². The van der Waals surface area contributed by atoms with E-state index >= 15 is 0 Å². The quantitative estimate of drug-likeness (QED) is 0.0422. The fourth-order valence-electron chi connectivity index (χ4n) is 6.80. The van der Waals surface area contributed by atoms with Crippen molar-refractivity contribution in [1.29, 1.82) is 0 Å². The van der Waals surface area contributed by atoms with Gasteiger partial charge >= 0.3 is 0 Å². The molecule has 2 nitrogen and oxygen atoms in total. The molecule has 2 aromatic rings. The van der Waals surface area contributed by atoms with Gasteiger partial charge in [0.2, 0.25) is 0 Å².